The summed E-state index contributed by atoms with van der Waals surface area (Å²) in [5.74, 6) is 2.15. The highest BCUT2D eigenvalue weighted by Gasteiger charge is 2.70. The van der Waals surface area contributed by atoms with Crippen LogP contribution in [0.4, 0.5) is 0 Å². The fourth-order valence-electron chi connectivity index (χ4n) is 8.22. The highest BCUT2D eigenvalue weighted by Crippen LogP contribution is 2.72. The Bertz CT molecular complexity index is 914. The molecular formula is C25H32O5. The fourth-order valence-corrected chi connectivity index (χ4v) is 8.22. The second-order valence-corrected chi connectivity index (χ2v) is 10.7. The molecule has 162 valence electrons. The summed E-state index contributed by atoms with van der Waals surface area (Å²) in [6.07, 6.45) is 8.32. The van der Waals surface area contributed by atoms with Crippen LogP contribution in [0.1, 0.15) is 59.8 Å². The molecule has 3 saturated carbocycles. The van der Waals surface area contributed by atoms with Crippen LogP contribution >= 0.6 is 0 Å². The zero-order valence-electron chi connectivity index (χ0n) is 18.6. The Hall–Kier alpha value is -1.91. The summed E-state index contributed by atoms with van der Waals surface area (Å²) >= 11 is 0. The Kier molecular flexibility index (Phi) is 4.05. The van der Waals surface area contributed by atoms with E-state index in [2.05, 4.69) is 19.9 Å². The molecule has 0 amide bonds. The summed E-state index contributed by atoms with van der Waals surface area (Å²) in [4.78, 5) is 37.4. The largest absolute Gasteiger partial charge is 0.497 e. The minimum Gasteiger partial charge on any atom is -0.497 e. The van der Waals surface area contributed by atoms with Crippen LogP contribution in [-0.2, 0) is 23.9 Å². The van der Waals surface area contributed by atoms with Crippen LogP contribution in [0.25, 0.3) is 0 Å². The SMILES string of the molecule is COC1=C[C@H]2[C@@H](CC[C@]3(C)[C@@H]2CC[C@@]3(OC(C)=O)C(C)=O)[C@@]2(C)C1=CC(=O)[C@H]1C[C@H]12. The molecule has 0 aromatic heterocycles. The smallest absolute Gasteiger partial charge is 0.303 e. The number of methoxy groups -OCH3 is 1. The number of carbonyl (C=O) groups is 3. The molecule has 0 unspecified atom stereocenters. The average molecular weight is 413 g/mol. The lowest BCUT2D eigenvalue weighted by Gasteiger charge is -2.57. The predicted molar refractivity (Wildman–Crippen MR) is 110 cm³/mol. The first-order valence-electron chi connectivity index (χ1n) is 11.3. The van der Waals surface area contributed by atoms with E-state index >= 15 is 0 Å². The molecule has 5 heteroatoms. The number of hydrogen-bond acceptors (Lipinski definition) is 5. The maximum absolute atomic E-state index is 12.9. The Labute approximate surface area is 178 Å². The predicted octanol–water partition coefficient (Wildman–Crippen LogP) is 4.02. The normalized spacial score (nSPS) is 48.3. The lowest BCUT2D eigenvalue weighted by Crippen LogP contribution is -2.58. The van der Waals surface area contributed by atoms with Crippen molar-refractivity contribution in [1.82, 2.24) is 0 Å². The van der Waals surface area contributed by atoms with Crippen LogP contribution in [0.3, 0.4) is 0 Å². The molecule has 0 bridgehead atoms. The molecule has 0 aliphatic heterocycles. The number of allylic oxidation sites excluding steroid dienone is 3. The molecule has 0 spiro atoms. The van der Waals surface area contributed by atoms with E-state index in [1.165, 1.54) is 6.92 Å². The maximum atomic E-state index is 12.9. The van der Waals surface area contributed by atoms with Crippen molar-refractivity contribution >= 4 is 17.5 Å². The van der Waals surface area contributed by atoms with Crippen molar-refractivity contribution in [2.45, 2.75) is 65.4 Å². The minimum absolute atomic E-state index is 0.0368. The summed E-state index contributed by atoms with van der Waals surface area (Å²) in [6.45, 7) is 7.47. The molecule has 5 nitrogen and oxygen atoms in total. The van der Waals surface area contributed by atoms with Gasteiger partial charge in [-0.15, -0.1) is 0 Å². The number of fused-ring (bicyclic) bond motifs is 7. The van der Waals surface area contributed by atoms with Gasteiger partial charge in [0.15, 0.2) is 17.2 Å². The standard InChI is InChI=1S/C25H32O5/c1-13(26)25(30-14(2)27)9-7-17-15-11-22(29-5)20-12-21(28)16-10-19(16)24(20,4)18(15)6-8-23(17,25)3/h11-12,15-19H,6-10H2,1-5H3/t15-,16+,17-,18-,19-,23-,24-,25-/m1/s1. The van der Waals surface area contributed by atoms with Gasteiger partial charge in [-0.1, -0.05) is 13.8 Å². The molecule has 5 aliphatic carbocycles. The Balaban J connectivity index is 1.61. The zero-order valence-corrected chi connectivity index (χ0v) is 18.6. The Morgan fingerprint density at radius 3 is 2.40 bits per heavy atom. The van der Waals surface area contributed by atoms with Crippen LogP contribution in [0.15, 0.2) is 23.5 Å². The fraction of sp³-hybridized carbons (Fsp3) is 0.720. The Morgan fingerprint density at radius 2 is 1.77 bits per heavy atom. The molecule has 5 rings (SSSR count). The highest BCUT2D eigenvalue weighted by molar-refractivity contribution is 5.97. The van der Waals surface area contributed by atoms with Crippen molar-refractivity contribution in [3.8, 4) is 0 Å². The van der Waals surface area contributed by atoms with Crippen LogP contribution in [-0.4, -0.2) is 30.2 Å². The number of carbonyl (C=O) groups excluding carboxylic acids is 3. The van der Waals surface area contributed by atoms with Crippen molar-refractivity contribution in [3.05, 3.63) is 23.5 Å². The number of rotatable bonds is 3. The van der Waals surface area contributed by atoms with Crippen LogP contribution in [0, 0.1) is 40.4 Å². The third-order valence-corrected chi connectivity index (χ3v) is 9.73. The van der Waals surface area contributed by atoms with Gasteiger partial charge in [-0.3, -0.25) is 14.4 Å². The summed E-state index contributed by atoms with van der Waals surface area (Å²) in [7, 11) is 1.69. The molecule has 0 heterocycles. The molecule has 8 atom stereocenters. The van der Waals surface area contributed by atoms with Crippen molar-refractivity contribution in [3.63, 3.8) is 0 Å². The van der Waals surface area contributed by atoms with Crippen LogP contribution in [0.2, 0.25) is 0 Å². The third kappa shape index (κ3) is 2.22. The van der Waals surface area contributed by atoms with Crippen molar-refractivity contribution in [2.75, 3.05) is 7.11 Å². The second-order valence-electron chi connectivity index (χ2n) is 10.7. The molecule has 0 radical (unpaired) electrons. The molecule has 0 saturated heterocycles. The van der Waals surface area contributed by atoms with E-state index in [9.17, 15) is 14.4 Å². The van der Waals surface area contributed by atoms with Gasteiger partial charge in [0.05, 0.1) is 7.11 Å². The molecule has 0 aromatic rings. The van der Waals surface area contributed by atoms with Crippen molar-refractivity contribution < 1.29 is 23.9 Å². The number of esters is 1. The van der Waals surface area contributed by atoms with E-state index in [0.29, 0.717) is 18.3 Å². The topological polar surface area (TPSA) is 69.7 Å². The zero-order chi connectivity index (χ0) is 21.6. The first kappa shape index (κ1) is 20.0. The maximum Gasteiger partial charge on any atom is 0.303 e. The quantitative estimate of drug-likeness (QED) is 0.655. The monoisotopic (exact) mass is 412 g/mol. The van der Waals surface area contributed by atoms with Gasteiger partial charge in [0.2, 0.25) is 0 Å². The number of Topliss-reactive ketones (excluding diaryl/α,β-unsaturated/α-hetero) is 1. The lowest BCUT2D eigenvalue weighted by atomic mass is 9.47. The highest BCUT2D eigenvalue weighted by atomic mass is 16.6. The van der Waals surface area contributed by atoms with E-state index in [0.717, 1.165) is 37.0 Å². The van der Waals surface area contributed by atoms with E-state index in [1.807, 2.05) is 6.08 Å². The van der Waals surface area contributed by atoms with Gasteiger partial charge < -0.3 is 9.47 Å². The van der Waals surface area contributed by atoms with Gasteiger partial charge in [-0.05, 0) is 74.9 Å². The number of ether oxygens (including phenoxy) is 2. The van der Waals surface area contributed by atoms with Gasteiger partial charge >= 0.3 is 5.97 Å². The van der Waals surface area contributed by atoms with Gasteiger partial charge in [-0.25, -0.2) is 0 Å². The first-order valence-corrected chi connectivity index (χ1v) is 11.3. The summed E-state index contributed by atoms with van der Waals surface area (Å²) in [5, 5.41) is 0. The van der Waals surface area contributed by atoms with E-state index in [1.54, 1.807) is 14.0 Å². The number of ketones is 2. The van der Waals surface area contributed by atoms with E-state index < -0.39 is 5.60 Å². The van der Waals surface area contributed by atoms with Gasteiger partial charge in [0.25, 0.3) is 0 Å². The van der Waals surface area contributed by atoms with Crippen molar-refractivity contribution in [2.24, 2.45) is 40.4 Å². The molecule has 3 fully saturated rings. The second kappa shape index (κ2) is 6.08. The van der Waals surface area contributed by atoms with Gasteiger partial charge in [-0.2, -0.15) is 0 Å². The minimum atomic E-state index is -1.03. The average Bonchev–Trinajstić information content (AvgIpc) is 3.43. The first-order chi connectivity index (χ1) is 14.1. The molecule has 5 aliphatic rings. The molecular weight excluding hydrogens is 380 g/mol. The summed E-state index contributed by atoms with van der Waals surface area (Å²) < 4.78 is 11.7. The van der Waals surface area contributed by atoms with Gasteiger partial charge in [0, 0.05) is 29.2 Å². The van der Waals surface area contributed by atoms with Gasteiger partial charge in [0.1, 0.15) is 5.76 Å². The van der Waals surface area contributed by atoms with Crippen molar-refractivity contribution in [1.29, 1.82) is 0 Å². The van der Waals surface area contributed by atoms with Crippen LogP contribution in [0.5, 0.6) is 0 Å². The summed E-state index contributed by atoms with van der Waals surface area (Å²) in [6, 6.07) is 0. The molecule has 0 N–H and O–H groups in total. The van der Waals surface area contributed by atoms with Crippen LogP contribution < -0.4 is 0 Å². The Morgan fingerprint density at radius 1 is 1.07 bits per heavy atom. The van der Waals surface area contributed by atoms with E-state index in [-0.39, 0.29) is 46.1 Å². The third-order valence-electron chi connectivity index (χ3n) is 9.73. The molecule has 30 heavy (non-hydrogen) atoms. The number of hydrogen-bond donors (Lipinski definition) is 0. The van der Waals surface area contributed by atoms with E-state index in [4.69, 9.17) is 9.47 Å². The lowest BCUT2D eigenvalue weighted by molar-refractivity contribution is -0.185. The molecule has 0 aromatic carbocycles. The summed E-state index contributed by atoms with van der Waals surface area (Å²) in [5.41, 5.74) is -0.397.